The number of hydroxylamine groups is 2. The summed E-state index contributed by atoms with van der Waals surface area (Å²) in [5, 5.41) is 1.75. The van der Waals surface area contributed by atoms with Crippen LogP contribution in [0.4, 0.5) is 0 Å². The van der Waals surface area contributed by atoms with Gasteiger partial charge >= 0.3 is 5.97 Å². The van der Waals surface area contributed by atoms with Crippen molar-refractivity contribution in [1.82, 2.24) is 5.06 Å². The average molecular weight is 235 g/mol. The Kier molecular flexibility index (Phi) is 3.45. The van der Waals surface area contributed by atoms with Gasteiger partial charge in [0.15, 0.2) is 0 Å². The van der Waals surface area contributed by atoms with Crippen LogP contribution in [0.3, 0.4) is 0 Å². The van der Waals surface area contributed by atoms with E-state index in [9.17, 15) is 4.79 Å². The van der Waals surface area contributed by atoms with Gasteiger partial charge in [0.05, 0.1) is 6.04 Å². The molecule has 1 aromatic rings. The number of ether oxygens (including phenoxy) is 1. The SMILES string of the molecule is CC(=O)O[C@H]1C[C@H](c2ccc(C)cc2)N(C)O1. The fourth-order valence-electron chi connectivity index (χ4n) is 2.02. The number of hydrogen-bond donors (Lipinski definition) is 0. The van der Waals surface area contributed by atoms with Crippen LogP contribution in [0.25, 0.3) is 0 Å². The lowest BCUT2D eigenvalue weighted by Gasteiger charge is -2.17. The Hall–Kier alpha value is -1.39. The number of nitrogens with zero attached hydrogens (tertiary/aromatic N) is 1. The molecule has 0 bridgehead atoms. The van der Waals surface area contributed by atoms with E-state index in [1.807, 2.05) is 7.05 Å². The van der Waals surface area contributed by atoms with Gasteiger partial charge in [-0.3, -0.25) is 9.63 Å². The summed E-state index contributed by atoms with van der Waals surface area (Å²) in [7, 11) is 1.86. The summed E-state index contributed by atoms with van der Waals surface area (Å²) >= 11 is 0. The fourth-order valence-corrected chi connectivity index (χ4v) is 2.02. The predicted molar refractivity (Wildman–Crippen MR) is 62.9 cm³/mol. The molecule has 0 N–H and O–H groups in total. The van der Waals surface area contributed by atoms with Gasteiger partial charge in [-0.2, -0.15) is 5.06 Å². The third-order valence-electron chi connectivity index (χ3n) is 2.90. The number of rotatable bonds is 2. The lowest BCUT2D eigenvalue weighted by atomic mass is 10.0. The molecule has 0 saturated carbocycles. The molecule has 0 unspecified atom stereocenters. The first-order valence-electron chi connectivity index (χ1n) is 5.69. The van der Waals surface area contributed by atoms with Gasteiger partial charge in [0.2, 0.25) is 6.29 Å². The Morgan fingerprint density at radius 3 is 2.65 bits per heavy atom. The van der Waals surface area contributed by atoms with Crippen molar-refractivity contribution in [3.63, 3.8) is 0 Å². The lowest BCUT2D eigenvalue weighted by molar-refractivity contribution is -0.225. The summed E-state index contributed by atoms with van der Waals surface area (Å²) < 4.78 is 5.05. The Balaban J connectivity index is 2.07. The van der Waals surface area contributed by atoms with Gasteiger partial charge in [-0.15, -0.1) is 0 Å². The van der Waals surface area contributed by atoms with Crippen LogP contribution < -0.4 is 0 Å². The third kappa shape index (κ3) is 2.84. The molecular formula is C13H17NO3. The van der Waals surface area contributed by atoms with Crippen molar-refractivity contribution < 1.29 is 14.4 Å². The molecule has 92 valence electrons. The molecule has 1 aliphatic rings. The van der Waals surface area contributed by atoms with E-state index in [1.54, 1.807) is 5.06 Å². The van der Waals surface area contributed by atoms with Crippen LogP contribution in [0.2, 0.25) is 0 Å². The Morgan fingerprint density at radius 2 is 2.06 bits per heavy atom. The Bertz CT molecular complexity index is 402. The molecule has 2 rings (SSSR count). The minimum atomic E-state index is -0.469. The molecule has 1 heterocycles. The first-order chi connectivity index (χ1) is 8.06. The largest absolute Gasteiger partial charge is 0.434 e. The summed E-state index contributed by atoms with van der Waals surface area (Å²) in [5.41, 5.74) is 2.40. The van der Waals surface area contributed by atoms with Crippen molar-refractivity contribution in [2.45, 2.75) is 32.6 Å². The maximum atomic E-state index is 10.9. The van der Waals surface area contributed by atoms with E-state index in [1.165, 1.54) is 18.1 Å². The van der Waals surface area contributed by atoms with Crippen LogP contribution in [-0.2, 0) is 14.4 Å². The molecule has 1 aliphatic heterocycles. The number of hydrogen-bond acceptors (Lipinski definition) is 4. The maximum absolute atomic E-state index is 10.9. The van der Waals surface area contributed by atoms with Gasteiger partial charge in [0, 0.05) is 20.4 Å². The predicted octanol–water partition coefficient (Wildman–Crippen LogP) is 2.19. The summed E-state index contributed by atoms with van der Waals surface area (Å²) in [6, 6.07) is 8.44. The zero-order valence-corrected chi connectivity index (χ0v) is 10.3. The molecule has 4 nitrogen and oxygen atoms in total. The van der Waals surface area contributed by atoms with Gasteiger partial charge in [0.1, 0.15) is 0 Å². The monoisotopic (exact) mass is 235 g/mol. The van der Waals surface area contributed by atoms with Crippen molar-refractivity contribution in [2.75, 3.05) is 7.05 Å². The summed E-state index contributed by atoms with van der Waals surface area (Å²) in [5.74, 6) is -0.312. The van der Waals surface area contributed by atoms with E-state index >= 15 is 0 Å². The molecule has 4 heteroatoms. The highest BCUT2D eigenvalue weighted by molar-refractivity contribution is 5.66. The van der Waals surface area contributed by atoms with Crippen LogP contribution in [0, 0.1) is 6.92 Å². The minimum absolute atomic E-state index is 0.139. The molecule has 0 aliphatic carbocycles. The van der Waals surface area contributed by atoms with E-state index in [0.717, 1.165) is 0 Å². The highest BCUT2D eigenvalue weighted by Crippen LogP contribution is 2.33. The lowest BCUT2D eigenvalue weighted by Crippen LogP contribution is -2.19. The van der Waals surface area contributed by atoms with E-state index in [0.29, 0.717) is 6.42 Å². The Labute approximate surface area is 101 Å². The minimum Gasteiger partial charge on any atom is -0.434 e. The standard InChI is InChI=1S/C13H17NO3/c1-9-4-6-11(7-5-9)12-8-13(16-10(2)15)17-14(12)3/h4-7,12-13H,8H2,1-3H3/t12-,13-/m1/s1. The van der Waals surface area contributed by atoms with E-state index in [4.69, 9.17) is 9.57 Å². The highest BCUT2D eigenvalue weighted by atomic mass is 16.8. The highest BCUT2D eigenvalue weighted by Gasteiger charge is 2.33. The van der Waals surface area contributed by atoms with E-state index in [-0.39, 0.29) is 12.0 Å². The van der Waals surface area contributed by atoms with Crippen LogP contribution in [0.15, 0.2) is 24.3 Å². The molecule has 1 saturated heterocycles. The van der Waals surface area contributed by atoms with Gasteiger partial charge in [-0.25, -0.2) is 0 Å². The summed E-state index contributed by atoms with van der Waals surface area (Å²) in [6.07, 6.45) is 0.197. The number of benzene rings is 1. The van der Waals surface area contributed by atoms with Crippen molar-refractivity contribution in [1.29, 1.82) is 0 Å². The second-order valence-corrected chi connectivity index (χ2v) is 4.35. The zero-order valence-electron chi connectivity index (χ0n) is 10.3. The summed E-state index contributed by atoms with van der Waals surface area (Å²) in [6.45, 7) is 3.45. The van der Waals surface area contributed by atoms with Crippen molar-refractivity contribution in [3.8, 4) is 0 Å². The van der Waals surface area contributed by atoms with Crippen molar-refractivity contribution >= 4 is 5.97 Å². The third-order valence-corrected chi connectivity index (χ3v) is 2.90. The number of carbonyl (C=O) groups excluding carboxylic acids is 1. The second-order valence-electron chi connectivity index (χ2n) is 4.35. The van der Waals surface area contributed by atoms with Crippen LogP contribution >= 0.6 is 0 Å². The topological polar surface area (TPSA) is 38.8 Å². The molecular weight excluding hydrogens is 218 g/mol. The Morgan fingerprint density at radius 1 is 1.41 bits per heavy atom. The maximum Gasteiger partial charge on any atom is 0.304 e. The van der Waals surface area contributed by atoms with E-state index in [2.05, 4.69) is 31.2 Å². The molecule has 2 atom stereocenters. The van der Waals surface area contributed by atoms with Gasteiger partial charge in [-0.1, -0.05) is 29.8 Å². The molecule has 1 aromatic carbocycles. The molecule has 0 aromatic heterocycles. The number of carbonyl (C=O) groups is 1. The van der Waals surface area contributed by atoms with Crippen LogP contribution in [0.1, 0.15) is 30.5 Å². The first kappa shape index (κ1) is 12.1. The van der Waals surface area contributed by atoms with Crippen LogP contribution in [-0.4, -0.2) is 24.4 Å². The second kappa shape index (κ2) is 4.85. The fraction of sp³-hybridized carbons (Fsp3) is 0.462. The normalized spacial score (nSPS) is 24.9. The van der Waals surface area contributed by atoms with Crippen molar-refractivity contribution in [2.24, 2.45) is 0 Å². The van der Waals surface area contributed by atoms with Crippen molar-refractivity contribution in [3.05, 3.63) is 35.4 Å². The molecule has 1 fully saturated rings. The zero-order chi connectivity index (χ0) is 12.4. The van der Waals surface area contributed by atoms with Gasteiger partial charge < -0.3 is 4.74 Å². The quantitative estimate of drug-likeness (QED) is 0.737. The molecule has 0 amide bonds. The van der Waals surface area contributed by atoms with Gasteiger partial charge in [0.25, 0.3) is 0 Å². The number of aryl methyl sites for hydroxylation is 1. The molecule has 0 radical (unpaired) electrons. The van der Waals surface area contributed by atoms with Gasteiger partial charge in [-0.05, 0) is 12.5 Å². The summed E-state index contributed by atoms with van der Waals surface area (Å²) in [4.78, 5) is 16.3. The number of esters is 1. The average Bonchev–Trinajstić information content (AvgIpc) is 2.59. The van der Waals surface area contributed by atoms with Crippen LogP contribution in [0.5, 0.6) is 0 Å². The molecule has 17 heavy (non-hydrogen) atoms. The molecule has 0 spiro atoms. The van der Waals surface area contributed by atoms with E-state index < -0.39 is 6.29 Å². The first-order valence-corrected chi connectivity index (χ1v) is 5.69. The smallest absolute Gasteiger partial charge is 0.304 e.